The van der Waals surface area contributed by atoms with Gasteiger partial charge in [-0.1, -0.05) is 48.5 Å². The second kappa shape index (κ2) is 3.70. The van der Waals surface area contributed by atoms with E-state index in [1.165, 1.54) is 22.3 Å². The van der Waals surface area contributed by atoms with Gasteiger partial charge in [-0.15, -0.1) is 0 Å². The Bertz CT molecular complexity index is 630. The van der Waals surface area contributed by atoms with Crippen LogP contribution in [0, 0.1) is 0 Å². The van der Waals surface area contributed by atoms with Crippen LogP contribution in [-0.2, 0) is 6.42 Å². The van der Waals surface area contributed by atoms with E-state index < -0.39 is 0 Å². The highest BCUT2D eigenvalue weighted by Crippen LogP contribution is 2.41. The third-order valence-corrected chi connectivity index (χ3v) is 3.95. The van der Waals surface area contributed by atoms with Crippen molar-refractivity contribution in [2.75, 3.05) is 0 Å². The summed E-state index contributed by atoms with van der Waals surface area (Å²) in [6.07, 6.45) is 2.87. The van der Waals surface area contributed by atoms with Gasteiger partial charge in [0.15, 0.2) is 0 Å². The first kappa shape index (κ1) is 9.89. The molecule has 1 N–H and O–H groups in total. The molecule has 2 atom stereocenters. The average molecular weight is 234 g/mol. The quantitative estimate of drug-likeness (QED) is 0.744. The maximum absolute atomic E-state index is 4.62. The van der Waals surface area contributed by atoms with Crippen LogP contribution in [0.15, 0.2) is 53.5 Å². The average Bonchev–Trinajstić information content (AvgIpc) is 2.84. The van der Waals surface area contributed by atoms with Crippen LogP contribution < -0.4 is 5.32 Å². The van der Waals surface area contributed by atoms with Crippen LogP contribution in [-0.4, -0.2) is 6.34 Å². The van der Waals surface area contributed by atoms with Crippen molar-refractivity contribution in [3.05, 3.63) is 70.8 Å². The Hall–Kier alpha value is -2.09. The fourth-order valence-corrected chi connectivity index (χ4v) is 3.09. The Morgan fingerprint density at radius 2 is 1.56 bits per heavy atom. The molecule has 1 heterocycles. The first-order valence-corrected chi connectivity index (χ1v) is 6.37. The van der Waals surface area contributed by atoms with Crippen LogP contribution in [0.3, 0.4) is 0 Å². The van der Waals surface area contributed by atoms with Crippen molar-refractivity contribution in [3.8, 4) is 0 Å². The van der Waals surface area contributed by atoms with Gasteiger partial charge in [-0.25, -0.2) is 0 Å². The fourth-order valence-electron chi connectivity index (χ4n) is 3.09. The van der Waals surface area contributed by atoms with E-state index in [-0.39, 0.29) is 6.04 Å². The molecule has 18 heavy (non-hydrogen) atoms. The second-order valence-electron chi connectivity index (χ2n) is 4.94. The highest BCUT2D eigenvalue weighted by Gasteiger charge is 2.32. The zero-order valence-corrected chi connectivity index (χ0v) is 10.0. The van der Waals surface area contributed by atoms with E-state index >= 15 is 0 Å². The third kappa shape index (κ3) is 1.32. The zero-order valence-electron chi connectivity index (χ0n) is 10.0. The lowest BCUT2D eigenvalue weighted by Gasteiger charge is -2.18. The smallest absolute Gasteiger partial charge is 0.101 e. The second-order valence-corrected chi connectivity index (χ2v) is 4.94. The van der Waals surface area contributed by atoms with Crippen LogP contribution in [0.4, 0.5) is 0 Å². The van der Waals surface area contributed by atoms with Gasteiger partial charge in [0.05, 0.1) is 12.4 Å². The topological polar surface area (TPSA) is 24.4 Å². The summed E-state index contributed by atoms with van der Waals surface area (Å²) < 4.78 is 0. The molecule has 2 unspecified atom stereocenters. The molecule has 0 fully saturated rings. The molecule has 0 spiro atoms. The molecule has 2 aliphatic rings. The highest BCUT2D eigenvalue weighted by atomic mass is 15.1. The van der Waals surface area contributed by atoms with Crippen LogP contribution in [0.2, 0.25) is 0 Å². The number of aliphatic imine (C=N–C) groups is 1. The number of fused-ring (bicyclic) bond motifs is 5. The van der Waals surface area contributed by atoms with Crippen LogP contribution in [0.1, 0.15) is 34.3 Å². The Morgan fingerprint density at radius 1 is 0.889 bits per heavy atom. The third-order valence-electron chi connectivity index (χ3n) is 3.95. The number of benzene rings is 2. The monoisotopic (exact) mass is 234 g/mol. The van der Waals surface area contributed by atoms with Gasteiger partial charge in [-0.05, 0) is 28.7 Å². The van der Waals surface area contributed by atoms with Crippen molar-refractivity contribution in [2.45, 2.75) is 18.5 Å². The summed E-state index contributed by atoms with van der Waals surface area (Å²) in [6.45, 7) is 0. The molecule has 0 saturated carbocycles. The standard InChI is InChI=1S/C16H14N2/c1-3-7-13-11(5-1)9-12-6-2-4-8-14(12)16-15(13)17-10-18-16/h1-8,10,15-16H,9H2,(H,17,18). The number of rotatable bonds is 0. The van der Waals surface area contributed by atoms with Gasteiger partial charge in [0, 0.05) is 0 Å². The molecule has 2 nitrogen and oxygen atoms in total. The molecular weight excluding hydrogens is 220 g/mol. The van der Waals surface area contributed by atoms with Gasteiger partial charge >= 0.3 is 0 Å². The van der Waals surface area contributed by atoms with Crippen molar-refractivity contribution in [3.63, 3.8) is 0 Å². The first-order valence-electron chi connectivity index (χ1n) is 6.37. The van der Waals surface area contributed by atoms with E-state index in [1.807, 2.05) is 6.34 Å². The molecule has 2 aromatic rings. The van der Waals surface area contributed by atoms with Gasteiger partial charge < -0.3 is 5.32 Å². The Morgan fingerprint density at radius 3 is 2.39 bits per heavy atom. The van der Waals surface area contributed by atoms with Crippen molar-refractivity contribution < 1.29 is 0 Å². The minimum absolute atomic E-state index is 0.227. The summed E-state index contributed by atoms with van der Waals surface area (Å²) in [5.74, 6) is 0. The molecule has 2 heteroatoms. The predicted molar refractivity (Wildman–Crippen MR) is 72.8 cm³/mol. The summed E-state index contributed by atoms with van der Waals surface area (Å²) in [5.41, 5.74) is 5.56. The van der Waals surface area contributed by atoms with Crippen molar-refractivity contribution >= 4 is 6.34 Å². The molecule has 0 radical (unpaired) electrons. The lowest BCUT2D eigenvalue weighted by atomic mass is 9.95. The summed E-state index contributed by atoms with van der Waals surface area (Å²) >= 11 is 0. The number of nitrogens with zero attached hydrogens (tertiary/aromatic N) is 1. The van der Waals surface area contributed by atoms with Crippen molar-refractivity contribution in [2.24, 2.45) is 4.99 Å². The minimum atomic E-state index is 0.227. The van der Waals surface area contributed by atoms with E-state index in [9.17, 15) is 0 Å². The molecule has 0 aromatic heterocycles. The maximum atomic E-state index is 4.62. The lowest BCUT2D eigenvalue weighted by molar-refractivity contribution is 0.575. The van der Waals surface area contributed by atoms with Gasteiger partial charge in [0.2, 0.25) is 0 Å². The summed E-state index contributed by atoms with van der Waals surface area (Å²) in [5, 5.41) is 3.40. The van der Waals surface area contributed by atoms with Crippen molar-refractivity contribution in [1.82, 2.24) is 5.32 Å². The van der Waals surface area contributed by atoms with E-state index in [2.05, 4.69) is 58.8 Å². The molecule has 1 aliphatic carbocycles. The number of hydrogen-bond acceptors (Lipinski definition) is 2. The van der Waals surface area contributed by atoms with E-state index in [1.54, 1.807) is 0 Å². The van der Waals surface area contributed by atoms with Gasteiger partial charge in [0.25, 0.3) is 0 Å². The Kier molecular flexibility index (Phi) is 2.04. The SMILES string of the molecule is C1=NC2c3ccccc3Cc3ccccc3C2N1. The molecular formula is C16H14N2. The van der Waals surface area contributed by atoms with Crippen molar-refractivity contribution in [1.29, 1.82) is 0 Å². The van der Waals surface area contributed by atoms with E-state index in [0.717, 1.165) is 6.42 Å². The first-order chi connectivity index (χ1) is 8.93. The lowest BCUT2D eigenvalue weighted by Crippen LogP contribution is -2.18. The Balaban J connectivity index is 1.97. The number of hydrogen-bond donors (Lipinski definition) is 1. The molecule has 0 bridgehead atoms. The molecule has 88 valence electrons. The molecule has 0 saturated heterocycles. The largest absolute Gasteiger partial charge is 0.367 e. The predicted octanol–water partition coefficient (Wildman–Crippen LogP) is 3.00. The Labute approximate surface area is 106 Å². The highest BCUT2D eigenvalue weighted by molar-refractivity contribution is 5.62. The summed E-state index contributed by atoms with van der Waals surface area (Å²) in [7, 11) is 0. The number of nitrogens with one attached hydrogen (secondary N) is 1. The van der Waals surface area contributed by atoms with Gasteiger partial charge in [-0.3, -0.25) is 4.99 Å². The summed E-state index contributed by atoms with van der Waals surface area (Å²) in [4.78, 5) is 4.62. The fraction of sp³-hybridized carbons (Fsp3) is 0.188. The van der Waals surface area contributed by atoms with Crippen LogP contribution in [0.25, 0.3) is 0 Å². The maximum Gasteiger partial charge on any atom is 0.101 e. The molecule has 0 amide bonds. The van der Waals surface area contributed by atoms with E-state index in [0.29, 0.717) is 6.04 Å². The molecule has 4 rings (SSSR count). The van der Waals surface area contributed by atoms with Gasteiger partial charge in [-0.2, -0.15) is 0 Å². The molecule has 1 aliphatic heterocycles. The van der Waals surface area contributed by atoms with Crippen LogP contribution >= 0.6 is 0 Å². The normalized spacial score (nSPS) is 23.6. The minimum Gasteiger partial charge on any atom is -0.367 e. The van der Waals surface area contributed by atoms with Crippen LogP contribution in [0.5, 0.6) is 0 Å². The zero-order chi connectivity index (χ0) is 11.9. The van der Waals surface area contributed by atoms with Gasteiger partial charge in [0.1, 0.15) is 6.04 Å². The summed E-state index contributed by atoms with van der Waals surface area (Å²) in [6, 6.07) is 17.9. The molecule has 2 aromatic carbocycles. The van der Waals surface area contributed by atoms with E-state index in [4.69, 9.17) is 0 Å².